The lowest BCUT2D eigenvalue weighted by molar-refractivity contribution is -0.143. The summed E-state index contributed by atoms with van der Waals surface area (Å²) in [5.41, 5.74) is 3.57. The number of fused-ring (bicyclic) bond motifs is 2. The Morgan fingerprint density at radius 3 is 1.27 bits per heavy atom. The van der Waals surface area contributed by atoms with Crippen LogP contribution < -0.4 is 69.5 Å². The number of carbonyl (C=O) groups excluding carboxylic acids is 15. The molecule has 37 heteroatoms. The maximum atomic E-state index is 13.9. The second kappa shape index (κ2) is 36.1. The summed E-state index contributed by atoms with van der Waals surface area (Å²) in [7, 11) is 0. The molecule has 3 rings (SSSR count). The molecular weight excluding hydrogens is 1220 g/mol. The molecule has 0 bridgehead atoms. The lowest BCUT2D eigenvalue weighted by Crippen LogP contribution is -2.63. The van der Waals surface area contributed by atoms with Crippen LogP contribution in [0.3, 0.4) is 0 Å². The standard InChI is InChI=1S/C55H87N15O22/c1-8-55(7)54(92)57-21-38(75)61-33(23-72)52(90)70-20-10-12-36(70)50(88)65-32(22-71)48(86)59-26(4)42(80)62-29(13-16-37(56)74)46(84)64-31(15-18-40(78)79)47(85)63-30(14-17-39(76)77)45(83)58-27(5)43(81)66-34(24-73)53(91)69-19-9-11-35(69)49(87)60-28(6)44(82)67-41(25(2)3)51(89)68-55/h25-36,41,71-73H,8-24H2,1-7H3,(H2,56,74)(H,57,92)(H,58,83)(H,59,86)(H,60,87)(H,61,75)(H,62,80)(H,63,85)(H,64,84)(H,65,88)(H,66,81)(H,67,82)(H,68,89)(H,76,77)(H,78,79)/t26-,27-,28-,29-,30-,31-,32-,33-,34-,35-,36-,41-,55+/m0/s1. The average Bonchev–Trinajstić information content (AvgIpc) is 1.60. The van der Waals surface area contributed by atoms with E-state index in [0.717, 1.165) is 23.6 Å². The lowest BCUT2D eigenvalue weighted by atomic mass is 9.95. The molecule has 13 atom stereocenters. The Morgan fingerprint density at radius 2 is 0.859 bits per heavy atom. The minimum absolute atomic E-state index is 0.0142. The van der Waals surface area contributed by atoms with Crippen LogP contribution in [0, 0.1) is 5.92 Å². The van der Waals surface area contributed by atoms with Crippen LogP contribution in [-0.4, -0.2) is 253 Å². The van der Waals surface area contributed by atoms with Gasteiger partial charge in [0.2, 0.25) is 88.6 Å². The summed E-state index contributed by atoms with van der Waals surface area (Å²) in [4.78, 5) is 229. The Kier molecular flexibility index (Phi) is 30.2. The highest BCUT2D eigenvalue weighted by Gasteiger charge is 2.43. The van der Waals surface area contributed by atoms with Gasteiger partial charge in [0.15, 0.2) is 0 Å². The van der Waals surface area contributed by atoms with Gasteiger partial charge in [0.25, 0.3) is 0 Å². The number of nitrogens with one attached hydrogen (secondary N) is 12. The van der Waals surface area contributed by atoms with E-state index in [2.05, 4.69) is 63.8 Å². The Morgan fingerprint density at radius 1 is 0.500 bits per heavy atom. The fourth-order valence-electron chi connectivity index (χ4n) is 9.81. The van der Waals surface area contributed by atoms with Gasteiger partial charge in [0.1, 0.15) is 78.0 Å². The van der Waals surface area contributed by atoms with Crippen LogP contribution in [0.15, 0.2) is 0 Å². The first kappa shape index (κ1) is 77.1. The molecule has 3 aliphatic rings. The molecule has 3 fully saturated rings. The van der Waals surface area contributed by atoms with Gasteiger partial charge in [0.05, 0.1) is 26.4 Å². The number of hydrogen-bond donors (Lipinski definition) is 18. The van der Waals surface area contributed by atoms with E-state index in [9.17, 15) is 107 Å². The van der Waals surface area contributed by atoms with Gasteiger partial charge in [0, 0.05) is 32.4 Å². The van der Waals surface area contributed by atoms with Crippen LogP contribution >= 0.6 is 0 Å². The van der Waals surface area contributed by atoms with Crippen LogP contribution in [-0.2, 0) is 81.5 Å². The number of amides is 15. The van der Waals surface area contributed by atoms with E-state index in [4.69, 9.17) is 5.73 Å². The highest BCUT2D eigenvalue weighted by atomic mass is 16.4. The molecule has 3 saturated heterocycles. The fourth-order valence-corrected chi connectivity index (χ4v) is 9.81. The maximum absolute atomic E-state index is 13.9. The monoisotopic (exact) mass is 1310 g/mol. The third-order valence-electron chi connectivity index (χ3n) is 15.5. The molecule has 0 saturated carbocycles. The fraction of sp³-hybridized carbons (Fsp3) is 0.691. The van der Waals surface area contributed by atoms with Crippen molar-refractivity contribution < 1.29 is 107 Å². The Labute approximate surface area is 528 Å². The molecule has 0 spiro atoms. The van der Waals surface area contributed by atoms with E-state index in [1.807, 2.05) is 0 Å². The van der Waals surface area contributed by atoms with Crippen molar-refractivity contribution in [2.24, 2.45) is 11.7 Å². The quantitative estimate of drug-likeness (QED) is 0.0768. The van der Waals surface area contributed by atoms with Crippen LogP contribution in [0.25, 0.3) is 0 Å². The van der Waals surface area contributed by atoms with Gasteiger partial charge in [-0.2, -0.15) is 0 Å². The number of hydrogen-bond acceptors (Lipinski definition) is 20. The van der Waals surface area contributed by atoms with Crippen LogP contribution in [0.4, 0.5) is 0 Å². The zero-order valence-electron chi connectivity index (χ0n) is 52.2. The number of aliphatic carboxylic acids is 2. The second-order valence-electron chi connectivity index (χ2n) is 23.0. The number of carboxylic acid groups (broad SMARTS) is 2. The number of carboxylic acids is 2. The van der Waals surface area contributed by atoms with Crippen LogP contribution in [0.5, 0.6) is 0 Å². The zero-order valence-corrected chi connectivity index (χ0v) is 52.2. The zero-order chi connectivity index (χ0) is 69.5. The summed E-state index contributed by atoms with van der Waals surface area (Å²) in [5, 5.41) is 77.8. The average molecular weight is 1310 g/mol. The van der Waals surface area contributed by atoms with Crippen molar-refractivity contribution in [2.75, 3.05) is 39.5 Å². The molecule has 19 N–H and O–H groups in total. The summed E-state index contributed by atoms with van der Waals surface area (Å²) in [6.07, 6.45) is -3.82. The van der Waals surface area contributed by atoms with Crippen molar-refractivity contribution in [2.45, 2.75) is 197 Å². The molecule has 3 heterocycles. The van der Waals surface area contributed by atoms with Crippen LogP contribution in [0.2, 0.25) is 0 Å². The maximum Gasteiger partial charge on any atom is 0.303 e. The second-order valence-corrected chi connectivity index (χ2v) is 23.0. The van der Waals surface area contributed by atoms with Crippen LogP contribution in [0.1, 0.15) is 119 Å². The van der Waals surface area contributed by atoms with Crippen molar-refractivity contribution >= 4 is 101 Å². The predicted octanol–water partition coefficient (Wildman–Crippen LogP) is -9.08. The first-order valence-electron chi connectivity index (χ1n) is 29.9. The molecule has 15 amide bonds. The molecular formula is C55H87N15O22. The largest absolute Gasteiger partial charge is 0.481 e. The molecule has 3 aliphatic heterocycles. The Hall–Kier alpha value is -9.13. The molecule has 514 valence electrons. The minimum atomic E-state index is -1.90. The smallest absolute Gasteiger partial charge is 0.303 e. The third-order valence-corrected chi connectivity index (χ3v) is 15.5. The van der Waals surface area contributed by atoms with Crippen molar-refractivity contribution in [1.82, 2.24) is 73.6 Å². The summed E-state index contributed by atoms with van der Waals surface area (Å²) < 4.78 is 0. The first-order chi connectivity index (χ1) is 43.1. The van der Waals surface area contributed by atoms with Gasteiger partial charge in [-0.3, -0.25) is 81.5 Å². The number of nitrogens with two attached hydrogens (primary N) is 1. The van der Waals surface area contributed by atoms with Gasteiger partial charge < -0.3 is 105 Å². The highest BCUT2D eigenvalue weighted by Crippen LogP contribution is 2.21. The van der Waals surface area contributed by atoms with E-state index in [1.54, 1.807) is 13.8 Å². The first-order valence-corrected chi connectivity index (χ1v) is 29.9. The molecule has 0 aromatic carbocycles. The lowest BCUT2D eigenvalue weighted by Gasteiger charge is -2.32. The normalized spacial score (nSPS) is 29.3. The minimum Gasteiger partial charge on any atom is -0.481 e. The van der Waals surface area contributed by atoms with Gasteiger partial charge in [-0.1, -0.05) is 20.8 Å². The van der Waals surface area contributed by atoms with Crippen molar-refractivity contribution in [1.29, 1.82) is 0 Å². The number of rotatable bonds is 14. The summed E-state index contributed by atoms with van der Waals surface area (Å²) in [6, 6.07) is -19.4. The van der Waals surface area contributed by atoms with E-state index < -0.39 is 249 Å². The van der Waals surface area contributed by atoms with Gasteiger partial charge in [-0.15, -0.1) is 0 Å². The van der Waals surface area contributed by atoms with Gasteiger partial charge in [-0.05, 0) is 85.0 Å². The SMILES string of the molecule is CC[C@@]1(C)NC(=O)[C@H](C(C)C)NC(=O)[C@H](C)NC(=O)[C@@H]2CCCN2C(=O)[C@H](CO)NC(=O)[C@H](C)NC(=O)[C@H](CCC(=O)O)NC(=O)[C@H](CCC(=O)O)NC(=O)[C@H](CCC(N)=O)NC(=O)[C@H](C)NC(=O)[C@H](CO)NC(=O)[C@@H]2CCCN2C(=O)[C@H](CO)NC(=O)CNC1=O. The molecule has 0 unspecified atom stereocenters. The summed E-state index contributed by atoms with van der Waals surface area (Å²) in [6.45, 7) is 5.34. The predicted molar refractivity (Wildman–Crippen MR) is 314 cm³/mol. The molecule has 0 aliphatic carbocycles. The van der Waals surface area contributed by atoms with Gasteiger partial charge >= 0.3 is 11.9 Å². The molecule has 37 nitrogen and oxygen atoms in total. The topological polar surface area (TPSA) is 568 Å². The molecule has 0 radical (unpaired) electrons. The summed E-state index contributed by atoms with van der Waals surface area (Å²) in [5.74, 6) is -19.3. The Balaban J connectivity index is 2.04. The van der Waals surface area contributed by atoms with Gasteiger partial charge in [-0.25, -0.2) is 0 Å². The number of carbonyl (C=O) groups is 17. The number of primary amides is 1. The number of aliphatic hydroxyl groups excluding tert-OH is 3. The molecule has 0 aromatic rings. The van der Waals surface area contributed by atoms with E-state index in [-0.39, 0.29) is 45.2 Å². The Bertz CT molecular complexity index is 2790. The number of aliphatic hydroxyl groups is 3. The van der Waals surface area contributed by atoms with E-state index >= 15 is 0 Å². The van der Waals surface area contributed by atoms with Crippen molar-refractivity contribution in [3.63, 3.8) is 0 Å². The highest BCUT2D eigenvalue weighted by molar-refractivity contribution is 6.01. The van der Waals surface area contributed by atoms with Crippen molar-refractivity contribution in [3.05, 3.63) is 0 Å². The van der Waals surface area contributed by atoms with E-state index in [0.29, 0.717) is 0 Å². The third kappa shape index (κ3) is 22.7. The summed E-state index contributed by atoms with van der Waals surface area (Å²) >= 11 is 0. The molecule has 92 heavy (non-hydrogen) atoms. The van der Waals surface area contributed by atoms with Crippen molar-refractivity contribution in [3.8, 4) is 0 Å². The van der Waals surface area contributed by atoms with E-state index in [1.165, 1.54) is 20.8 Å². The molecule has 0 aromatic heterocycles. The number of nitrogens with zero attached hydrogens (tertiary/aromatic N) is 2.